The summed E-state index contributed by atoms with van der Waals surface area (Å²) in [6.07, 6.45) is 0.712. The first-order valence-corrected chi connectivity index (χ1v) is 12.7. The second kappa shape index (κ2) is 9.27. The van der Waals surface area contributed by atoms with Crippen molar-refractivity contribution in [2.75, 3.05) is 22.0 Å². The van der Waals surface area contributed by atoms with E-state index < -0.39 is 10.0 Å². The van der Waals surface area contributed by atoms with Crippen LogP contribution in [0.5, 0.6) is 5.75 Å². The molecule has 35 heavy (non-hydrogen) atoms. The van der Waals surface area contributed by atoms with Gasteiger partial charge in [0.1, 0.15) is 23.2 Å². The van der Waals surface area contributed by atoms with E-state index in [2.05, 4.69) is 25.3 Å². The molecule has 1 aliphatic rings. The number of nitrogens with one attached hydrogen (secondary N) is 3. The zero-order chi connectivity index (χ0) is 24.4. The maximum atomic E-state index is 12.8. The summed E-state index contributed by atoms with van der Waals surface area (Å²) in [6, 6.07) is 21.8. The highest BCUT2D eigenvalue weighted by molar-refractivity contribution is 7.92. The fraction of sp³-hybridized carbons (Fsp3) is 0.154. The Hall–Kier alpha value is -4.11. The Balaban J connectivity index is 1.28. The largest absolute Gasteiger partial charge is 0.493 e. The number of aromatic nitrogens is 2. The molecule has 4 aromatic rings. The molecule has 0 amide bonds. The lowest BCUT2D eigenvalue weighted by molar-refractivity contribution is 0.356. The summed E-state index contributed by atoms with van der Waals surface area (Å²) < 4.78 is 33.8. The lowest BCUT2D eigenvalue weighted by atomic mass is 10.2. The van der Waals surface area contributed by atoms with Crippen LogP contribution in [0.1, 0.15) is 17.0 Å². The predicted molar refractivity (Wildman–Crippen MR) is 137 cm³/mol. The van der Waals surface area contributed by atoms with Crippen LogP contribution in [0.2, 0.25) is 0 Å². The third kappa shape index (κ3) is 5.36. The van der Waals surface area contributed by atoms with Gasteiger partial charge in [0.2, 0.25) is 0 Å². The molecule has 0 saturated carbocycles. The van der Waals surface area contributed by atoms with E-state index in [1.165, 1.54) is 5.56 Å². The Morgan fingerprint density at radius 3 is 2.03 bits per heavy atom. The van der Waals surface area contributed by atoms with E-state index in [9.17, 15) is 8.42 Å². The van der Waals surface area contributed by atoms with Gasteiger partial charge in [-0.1, -0.05) is 17.7 Å². The van der Waals surface area contributed by atoms with Crippen LogP contribution >= 0.6 is 0 Å². The van der Waals surface area contributed by atoms with Crippen molar-refractivity contribution in [3.63, 3.8) is 0 Å². The standard InChI is InChI=1S/C26H25N5O3S/c1-17-3-5-20(6-4-17)29-25-16-26(28-18(2)27-25)30-21-7-9-22(10-8-21)31-35(32,33)23-11-12-24-19(15-23)13-14-34-24/h3-12,15-16,31H,13-14H2,1-2H3,(H2,27,28,29,30). The first-order valence-electron chi connectivity index (χ1n) is 11.2. The molecular weight excluding hydrogens is 462 g/mol. The average Bonchev–Trinajstić information content (AvgIpc) is 3.29. The Morgan fingerprint density at radius 1 is 0.771 bits per heavy atom. The SMILES string of the molecule is Cc1ccc(Nc2cc(Nc3ccc(NS(=O)(=O)c4ccc5c(c4)CCO5)cc3)nc(C)n2)cc1. The molecule has 0 spiro atoms. The number of hydrogen-bond acceptors (Lipinski definition) is 7. The van der Waals surface area contributed by atoms with E-state index in [-0.39, 0.29) is 4.90 Å². The van der Waals surface area contributed by atoms with E-state index in [0.29, 0.717) is 36.2 Å². The minimum atomic E-state index is -3.71. The molecule has 0 bridgehead atoms. The van der Waals surface area contributed by atoms with Gasteiger partial charge in [-0.15, -0.1) is 0 Å². The molecule has 0 radical (unpaired) electrons. The van der Waals surface area contributed by atoms with Gasteiger partial charge in [0.05, 0.1) is 11.5 Å². The van der Waals surface area contributed by atoms with Crippen LogP contribution in [0.15, 0.2) is 77.7 Å². The van der Waals surface area contributed by atoms with Crippen LogP contribution in [0.4, 0.5) is 28.7 Å². The van der Waals surface area contributed by atoms with Gasteiger partial charge < -0.3 is 15.4 Å². The highest BCUT2D eigenvalue weighted by Crippen LogP contribution is 2.29. The van der Waals surface area contributed by atoms with Gasteiger partial charge in [-0.05, 0) is 74.0 Å². The van der Waals surface area contributed by atoms with Gasteiger partial charge in [0.15, 0.2) is 0 Å². The summed E-state index contributed by atoms with van der Waals surface area (Å²) in [5.74, 6) is 2.67. The van der Waals surface area contributed by atoms with E-state index in [1.54, 1.807) is 42.5 Å². The maximum absolute atomic E-state index is 12.8. The summed E-state index contributed by atoms with van der Waals surface area (Å²) in [7, 11) is -3.71. The quantitative estimate of drug-likeness (QED) is 0.324. The molecule has 0 aliphatic carbocycles. The normalized spacial score (nSPS) is 12.5. The summed E-state index contributed by atoms with van der Waals surface area (Å²) in [6.45, 7) is 4.45. The number of anilines is 5. The van der Waals surface area contributed by atoms with Crippen molar-refractivity contribution in [1.29, 1.82) is 0 Å². The van der Waals surface area contributed by atoms with E-state index in [0.717, 1.165) is 22.7 Å². The summed E-state index contributed by atoms with van der Waals surface area (Å²) in [5.41, 5.74) is 4.26. The molecule has 0 saturated heterocycles. The summed E-state index contributed by atoms with van der Waals surface area (Å²) in [5, 5.41) is 6.54. The van der Waals surface area contributed by atoms with Crippen LogP contribution in [-0.4, -0.2) is 25.0 Å². The topological polar surface area (TPSA) is 105 Å². The second-order valence-corrected chi connectivity index (χ2v) is 10.0. The van der Waals surface area contributed by atoms with Crippen molar-refractivity contribution in [2.45, 2.75) is 25.2 Å². The zero-order valence-corrected chi connectivity index (χ0v) is 20.2. The van der Waals surface area contributed by atoms with Crippen molar-refractivity contribution in [1.82, 2.24) is 9.97 Å². The lowest BCUT2D eigenvalue weighted by Gasteiger charge is -2.12. The highest BCUT2D eigenvalue weighted by Gasteiger charge is 2.19. The molecule has 2 heterocycles. The number of benzene rings is 3. The van der Waals surface area contributed by atoms with Gasteiger partial charge >= 0.3 is 0 Å². The smallest absolute Gasteiger partial charge is 0.261 e. The lowest BCUT2D eigenvalue weighted by Crippen LogP contribution is -2.13. The Bertz CT molecular complexity index is 1470. The highest BCUT2D eigenvalue weighted by atomic mass is 32.2. The van der Waals surface area contributed by atoms with Crippen LogP contribution in [0.25, 0.3) is 0 Å². The average molecular weight is 488 g/mol. The van der Waals surface area contributed by atoms with Gasteiger partial charge in [0, 0.05) is 29.5 Å². The number of fused-ring (bicyclic) bond motifs is 1. The van der Waals surface area contributed by atoms with E-state index in [4.69, 9.17) is 4.74 Å². The maximum Gasteiger partial charge on any atom is 0.261 e. The molecule has 0 atom stereocenters. The Labute approximate surface area is 204 Å². The molecule has 1 aromatic heterocycles. The minimum Gasteiger partial charge on any atom is -0.493 e. The molecular formula is C26H25N5O3S. The molecule has 3 aromatic carbocycles. The van der Waals surface area contributed by atoms with Gasteiger partial charge in [0.25, 0.3) is 10.0 Å². The zero-order valence-electron chi connectivity index (χ0n) is 19.4. The van der Waals surface area contributed by atoms with Gasteiger partial charge in [-0.2, -0.15) is 0 Å². The summed E-state index contributed by atoms with van der Waals surface area (Å²) in [4.78, 5) is 9.12. The number of ether oxygens (including phenoxy) is 1. The van der Waals surface area contributed by atoms with Crippen LogP contribution in [0.3, 0.4) is 0 Å². The van der Waals surface area contributed by atoms with Crippen molar-refractivity contribution in [2.24, 2.45) is 0 Å². The molecule has 9 heteroatoms. The monoisotopic (exact) mass is 487 g/mol. The molecule has 178 valence electrons. The summed E-state index contributed by atoms with van der Waals surface area (Å²) >= 11 is 0. The van der Waals surface area contributed by atoms with Gasteiger partial charge in [-0.3, -0.25) is 4.72 Å². The number of hydrogen-bond donors (Lipinski definition) is 3. The molecule has 5 rings (SSSR count). The third-order valence-corrected chi connectivity index (χ3v) is 6.92. The van der Waals surface area contributed by atoms with E-state index >= 15 is 0 Å². The van der Waals surface area contributed by atoms with Crippen molar-refractivity contribution in [3.05, 3.63) is 89.7 Å². The van der Waals surface area contributed by atoms with Crippen molar-refractivity contribution in [3.8, 4) is 5.75 Å². The van der Waals surface area contributed by atoms with Crippen molar-refractivity contribution >= 4 is 38.7 Å². The molecule has 1 aliphatic heterocycles. The van der Waals surface area contributed by atoms with Crippen LogP contribution in [-0.2, 0) is 16.4 Å². The van der Waals surface area contributed by atoms with Crippen LogP contribution in [0, 0.1) is 13.8 Å². The molecule has 0 unspecified atom stereocenters. The Morgan fingerprint density at radius 2 is 1.37 bits per heavy atom. The van der Waals surface area contributed by atoms with Crippen LogP contribution < -0.4 is 20.1 Å². The minimum absolute atomic E-state index is 0.217. The molecule has 0 fully saturated rings. The Kier molecular flexibility index (Phi) is 6.00. The van der Waals surface area contributed by atoms with Crippen molar-refractivity contribution < 1.29 is 13.2 Å². The molecule has 8 nitrogen and oxygen atoms in total. The first kappa shape index (κ1) is 22.7. The predicted octanol–water partition coefficient (Wildman–Crippen LogP) is 5.32. The third-order valence-electron chi connectivity index (χ3n) is 5.54. The number of rotatable bonds is 7. The van der Waals surface area contributed by atoms with E-state index in [1.807, 2.05) is 44.2 Å². The number of nitrogens with zero attached hydrogens (tertiary/aromatic N) is 2. The fourth-order valence-corrected chi connectivity index (χ4v) is 4.90. The fourth-order valence-electron chi connectivity index (χ4n) is 3.79. The number of aryl methyl sites for hydroxylation is 2. The first-order chi connectivity index (χ1) is 16.8. The number of sulfonamides is 1. The van der Waals surface area contributed by atoms with Gasteiger partial charge in [-0.25, -0.2) is 18.4 Å². The molecule has 3 N–H and O–H groups in total. The second-order valence-electron chi connectivity index (χ2n) is 8.35.